The number of aromatic nitrogens is 5. The number of rotatable bonds is 3. The highest BCUT2D eigenvalue weighted by Crippen LogP contribution is 2.26. The van der Waals surface area contributed by atoms with Crippen molar-refractivity contribution < 1.29 is 4.79 Å². The minimum atomic E-state index is 0.00537. The van der Waals surface area contributed by atoms with Crippen LogP contribution >= 0.6 is 0 Å². The number of fused-ring (bicyclic) bond motifs is 1. The summed E-state index contributed by atoms with van der Waals surface area (Å²) < 4.78 is 1.58. The van der Waals surface area contributed by atoms with Crippen molar-refractivity contribution >= 4 is 11.7 Å². The summed E-state index contributed by atoms with van der Waals surface area (Å²) in [6, 6.07) is 12.2. The number of carbonyl (C=O) groups excluding carboxylic acids is 1. The normalized spacial score (nSPS) is 19.1. The van der Waals surface area contributed by atoms with E-state index in [1.54, 1.807) is 11.0 Å². The number of hydrogen-bond donors (Lipinski definition) is 0. The molecule has 2 aromatic heterocycles. The standard InChI is InChI=1S/C21H23N7O/c29-21(27-11-9-16-4-1-2-5-17(16)12-27)18-6-3-10-26(13-18)19-7-8-20(25-24-19)28-15-22-14-23-28/h1-2,4-5,7-8,14-15,18H,3,6,9-13H2. The summed E-state index contributed by atoms with van der Waals surface area (Å²) in [5, 5.41) is 12.7. The molecule has 3 aromatic rings. The molecule has 8 nitrogen and oxygen atoms in total. The average molecular weight is 389 g/mol. The van der Waals surface area contributed by atoms with Crippen molar-refractivity contribution in [1.82, 2.24) is 29.9 Å². The predicted molar refractivity (Wildman–Crippen MR) is 107 cm³/mol. The maximum absolute atomic E-state index is 13.2. The van der Waals surface area contributed by atoms with Crippen LogP contribution < -0.4 is 4.90 Å². The molecule has 4 heterocycles. The number of benzene rings is 1. The molecule has 2 aliphatic rings. The molecule has 1 aromatic carbocycles. The summed E-state index contributed by atoms with van der Waals surface area (Å²) in [6.45, 7) is 3.11. The van der Waals surface area contributed by atoms with Gasteiger partial charge in [-0.15, -0.1) is 10.2 Å². The predicted octanol–water partition coefficient (Wildman–Crippen LogP) is 1.86. The summed E-state index contributed by atoms with van der Waals surface area (Å²) in [5.74, 6) is 1.69. The smallest absolute Gasteiger partial charge is 0.227 e. The molecule has 1 fully saturated rings. The average Bonchev–Trinajstić information content (AvgIpc) is 3.33. The summed E-state index contributed by atoms with van der Waals surface area (Å²) in [6.07, 6.45) is 5.91. The van der Waals surface area contributed by atoms with Crippen LogP contribution in [-0.2, 0) is 17.8 Å². The first-order valence-electron chi connectivity index (χ1n) is 10.1. The van der Waals surface area contributed by atoms with Gasteiger partial charge in [0, 0.05) is 26.2 Å². The van der Waals surface area contributed by atoms with Gasteiger partial charge in [0.2, 0.25) is 5.91 Å². The van der Waals surface area contributed by atoms with Gasteiger partial charge in [-0.25, -0.2) is 9.67 Å². The van der Waals surface area contributed by atoms with Crippen molar-refractivity contribution in [3.8, 4) is 5.82 Å². The van der Waals surface area contributed by atoms with E-state index in [2.05, 4.69) is 49.4 Å². The van der Waals surface area contributed by atoms with E-state index in [0.717, 1.165) is 44.7 Å². The zero-order chi connectivity index (χ0) is 19.6. The van der Waals surface area contributed by atoms with Gasteiger partial charge in [0.25, 0.3) is 0 Å². The maximum Gasteiger partial charge on any atom is 0.227 e. The lowest BCUT2D eigenvalue weighted by molar-refractivity contribution is -0.136. The van der Waals surface area contributed by atoms with Gasteiger partial charge in [-0.1, -0.05) is 24.3 Å². The Labute approximate surface area is 169 Å². The summed E-state index contributed by atoms with van der Waals surface area (Å²) in [7, 11) is 0. The second-order valence-electron chi connectivity index (χ2n) is 7.65. The van der Waals surface area contributed by atoms with Crippen LogP contribution in [0.4, 0.5) is 5.82 Å². The molecule has 0 radical (unpaired) electrons. The highest BCUT2D eigenvalue weighted by molar-refractivity contribution is 5.80. The van der Waals surface area contributed by atoms with Crippen molar-refractivity contribution in [2.75, 3.05) is 24.5 Å². The number of anilines is 1. The van der Waals surface area contributed by atoms with Gasteiger partial charge in [0.05, 0.1) is 5.92 Å². The van der Waals surface area contributed by atoms with E-state index < -0.39 is 0 Å². The van der Waals surface area contributed by atoms with Crippen LogP contribution in [0.3, 0.4) is 0 Å². The monoisotopic (exact) mass is 389 g/mol. The number of amides is 1. The van der Waals surface area contributed by atoms with Gasteiger partial charge in [-0.2, -0.15) is 5.10 Å². The largest absolute Gasteiger partial charge is 0.354 e. The van der Waals surface area contributed by atoms with Crippen LogP contribution in [0.1, 0.15) is 24.0 Å². The second-order valence-corrected chi connectivity index (χ2v) is 7.65. The van der Waals surface area contributed by atoms with Crippen molar-refractivity contribution in [3.05, 3.63) is 60.2 Å². The fourth-order valence-electron chi connectivity index (χ4n) is 4.26. The molecule has 1 amide bonds. The van der Waals surface area contributed by atoms with E-state index >= 15 is 0 Å². The molecule has 0 aliphatic carbocycles. The fourth-order valence-corrected chi connectivity index (χ4v) is 4.26. The Morgan fingerprint density at radius 1 is 1.00 bits per heavy atom. The quantitative estimate of drug-likeness (QED) is 0.680. The third kappa shape index (κ3) is 3.57. The lowest BCUT2D eigenvalue weighted by Crippen LogP contribution is -2.46. The molecule has 1 atom stereocenters. The Bertz CT molecular complexity index is 987. The Balaban J connectivity index is 1.26. The van der Waals surface area contributed by atoms with E-state index in [4.69, 9.17) is 0 Å². The van der Waals surface area contributed by atoms with Crippen LogP contribution in [0, 0.1) is 5.92 Å². The van der Waals surface area contributed by atoms with E-state index in [9.17, 15) is 4.79 Å². The van der Waals surface area contributed by atoms with Gasteiger partial charge in [-0.3, -0.25) is 4.79 Å². The van der Waals surface area contributed by atoms with Gasteiger partial charge in [0.1, 0.15) is 12.7 Å². The number of hydrogen-bond acceptors (Lipinski definition) is 6. The summed E-state index contributed by atoms with van der Waals surface area (Å²) in [5.41, 5.74) is 2.64. The first-order chi connectivity index (χ1) is 14.3. The van der Waals surface area contributed by atoms with Gasteiger partial charge >= 0.3 is 0 Å². The van der Waals surface area contributed by atoms with Crippen LogP contribution in [0.2, 0.25) is 0 Å². The van der Waals surface area contributed by atoms with Crippen LogP contribution in [0.5, 0.6) is 0 Å². The zero-order valence-corrected chi connectivity index (χ0v) is 16.2. The fraction of sp³-hybridized carbons (Fsp3) is 0.381. The third-order valence-corrected chi connectivity index (χ3v) is 5.83. The molecule has 1 saturated heterocycles. The molecule has 2 aliphatic heterocycles. The van der Waals surface area contributed by atoms with Crippen molar-refractivity contribution in [2.24, 2.45) is 5.92 Å². The molecule has 8 heteroatoms. The topological polar surface area (TPSA) is 80.0 Å². The molecule has 0 bridgehead atoms. The Hall–Kier alpha value is -3.29. The van der Waals surface area contributed by atoms with E-state index in [1.165, 1.54) is 17.5 Å². The number of carbonyl (C=O) groups is 1. The first-order valence-corrected chi connectivity index (χ1v) is 10.1. The summed E-state index contributed by atoms with van der Waals surface area (Å²) >= 11 is 0. The van der Waals surface area contributed by atoms with Gasteiger partial charge in [0.15, 0.2) is 11.6 Å². The van der Waals surface area contributed by atoms with Crippen molar-refractivity contribution in [2.45, 2.75) is 25.8 Å². The minimum Gasteiger partial charge on any atom is -0.354 e. The van der Waals surface area contributed by atoms with Crippen LogP contribution in [0.15, 0.2) is 49.1 Å². The molecule has 0 spiro atoms. The Kier molecular flexibility index (Phi) is 4.67. The van der Waals surface area contributed by atoms with Crippen molar-refractivity contribution in [3.63, 3.8) is 0 Å². The molecule has 29 heavy (non-hydrogen) atoms. The van der Waals surface area contributed by atoms with Gasteiger partial charge < -0.3 is 9.80 Å². The lowest BCUT2D eigenvalue weighted by atomic mass is 9.94. The first kappa shape index (κ1) is 17.8. The van der Waals surface area contributed by atoms with Crippen LogP contribution in [0.25, 0.3) is 5.82 Å². The van der Waals surface area contributed by atoms with E-state index in [0.29, 0.717) is 12.4 Å². The SMILES string of the molecule is O=C(C1CCCN(c2ccc(-n3cncn3)nn2)C1)N1CCc2ccccc2C1. The molecular weight excluding hydrogens is 366 g/mol. The Morgan fingerprint density at radius 2 is 1.83 bits per heavy atom. The Morgan fingerprint density at radius 3 is 2.62 bits per heavy atom. The zero-order valence-electron chi connectivity index (χ0n) is 16.2. The highest BCUT2D eigenvalue weighted by atomic mass is 16.2. The minimum absolute atomic E-state index is 0.00537. The number of nitrogens with zero attached hydrogens (tertiary/aromatic N) is 7. The van der Waals surface area contributed by atoms with E-state index in [1.807, 2.05) is 17.0 Å². The van der Waals surface area contributed by atoms with Gasteiger partial charge in [-0.05, 0) is 42.5 Å². The third-order valence-electron chi connectivity index (χ3n) is 5.83. The second kappa shape index (κ2) is 7.62. The molecule has 1 unspecified atom stereocenters. The van der Waals surface area contributed by atoms with Crippen molar-refractivity contribution in [1.29, 1.82) is 0 Å². The summed E-state index contributed by atoms with van der Waals surface area (Å²) in [4.78, 5) is 21.3. The molecule has 5 rings (SSSR count). The van der Waals surface area contributed by atoms with E-state index in [-0.39, 0.29) is 11.8 Å². The molecular formula is C21H23N7O. The van der Waals surface area contributed by atoms with Crippen LogP contribution in [-0.4, -0.2) is 55.4 Å². The molecule has 0 saturated carbocycles. The highest BCUT2D eigenvalue weighted by Gasteiger charge is 2.31. The molecule has 0 N–H and O–H groups in total. The molecule has 148 valence electrons. The number of piperidine rings is 1. The lowest BCUT2D eigenvalue weighted by Gasteiger charge is -2.37. The maximum atomic E-state index is 13.2.